The molecule has 3 nitrogen and oxygen atoms in total. The number of methoxy groups -OCH3 is 1. The predicted molar refractivity (Wildman–Crippen MR) is 91.8 cm³/mol. The van der Waals surface area contributed by atoms with Gasteiger partial charge in [0.15, 0.2) is 0 Å². The van der Waals surface area contributed by atoms with E-state index in [1.54, 1.807) is 7.11 Å². The van der Waals surface area contributed by atoms with Crippen LogP contribution in [0.15, 0.2) is 51.4 Å². The number of carbonyl (C=O) groups excluding carboxylic acids is 1. The molecular formula is C16H15Br2NO2. The second-order valence-corrected chi connectivity index (χ2v) is 6.25. The molecule has 2 aromatic rings. The Balaban J connectivity index is 1.96. The van der Waals surface area contributed by atoms with Gasteiger partial charge in [0.25, 0.3) is 0 Å². The zero-order chi connectivity index (χ0) is 15.2. The Hall–Kier alpha value is -1.33. The lowest BCUT2D eigenvalue weighted by Crippen LogP contribution is -2.13. The Kier molecular flexibility index (Phi) is 5.82. The molecule has 0 heterocycles. The zero-order valence-corrected chi connectivity index (χ0v) is 14.7. The molecule has 5 heteroatoms. The third-order valence-electron chi connectivity index (χ3n) is 3.02. The van der Waals surface area contributed by atoms with Gasteiger partial charge in [-0.05, 0) is 52.2 Å². The van der Waals surface area contributed by atoms with Crippen molar-refractivity contribution < 1.29 is 9.53 Å². The normalized spacial score (nSPS) is 10.2. The van der Waals surface area contributed by atoms with Crippen LogP contribution in [0.2, 0.25) is 0 Å². The highest BCUT2D eigenvalue weighted by Crippen LogP contribution is 2.26. The lowest BCUT2D eigenvalue weighted by Gasteiger charge is -2.09. The molecule has 0 fully saturated rings. The Labute approximate surface area is 141 Å². The molecule has 1 N–H and O–H groups in total. The van der Waals surface area contributed by atoms with Gasteiger partial charge in [0, 0.05) is 15.4 Å². The average molecular weight is 413 g/mol. The fraction of sp³-hybridized carbons (Fsp3) is 0.188. The fourth-order valence-corrected chi connectivity index (χ4v) is 3.11. The van der Waals surface area contributed by atoms with Gasteiger partial charge >= 0.3 is 0 Å². The molecule has 0 aliphatic carbocycles. The van der Waals surface area contributed by atoms with Crippen molar-refractivity contribution in [2.24, 2.45) is 0 Å². The number of hydrogen-bond donors (Lipinski definition) is 1. The van der Waals surface area contributed by atoms with Crippen LogP contribution >= 0.6 is 31.9 Å². The van der Waals surface area contributed by atoms with Gasteiger partial charge in [-0.15, -0.1) is 0 Å². The summed E-state index contributed by atoms with van der Waals surface area (Å²) in [5, 5.41) is 2.90. The molecule has 0 bridgehead atoms. The van der Waals surface area contributed by atoms with E-state index in [0.717, 1.165) is 25.9 Å². The van der Waals surface area contributed by atoms with Crippen molar-refractivity contribution in [1.29, 1.82) is 0 Å². The van der Waals surface area contributed by atoms with Crippen molar-refractivity contribution in [2.45, 2.75) is 12.8 Å². The summed E-state index contributed by atoms with van der Waals surface area (Å²) < 4.78 is 7.09. The van der Waals surface area contributed by atoms with Crippen LogP contribution in [0.5, 0.6) is 5.75 Å². The van der Waals surface area contributed by atoms with Crippen LogP contribution in [-0.2, 0) is 11.2 Å². The summed E-state index contributed by atoms with van der Waals surface area (Å²) in [5.74, 6) is 0.791. The molecule has 0 saturated heterocycles. The Bertz CT molecular complexity index is 644. The minimum atomic E-state index is -0.0241. The lowest BCUT2D eigenvalue weighted by atomic mass is 10.1. The van der Waals surface area contributed by atoms with Crippen molar-refractivity contribution in [3.8, 4) is 5.75 Å². The number of nitrogens with one attached hydrogen (secondary N) is 1. The number of benzene rings is 2. The molecule has 0 aliphatic heterocycles. The summed E-state index contributed by atoms with van der Waals surface area (Å²) in [5.41, 5.74) is 1.80. The first-order chi connectivity index (χ1) is 10.1. The van der Waals surface area contributed by atoms with Crippen molar-refractivity contribution in [3.05, 3.63) is 57.0 Å². The lowest BCUT2D eigenvalue weighted by molar-refractivity contribution is -0.116. The van der Waals surface area contributed by atoms with Crippen LogP contribution in [-0.4, -0.2) is 13.0 Å². The first kappa shape index (κ1) is 16.0. The SMILES string of the molecule is COc1ccccc1CCC(=O)Nc1ccc(Br)cc1Br. The molecule has 0 unspecified atom stereocenters. The van der Waals surface area contributed by atoms with E-state index in [9.17, 15) is 4.79 Å². The van der Waals surface area contributed by atoms with Gasteiger partial charge in [0.1, 0.15) is 5.75 Å². The van der Waals surface area contributed by atoms with E-state index in [0.29, 0.717) is 12.8 Å². The molecule has 0 atom stereocenters. The molecule has 21 heavy (non-hydrogen) atoms. The Morgan fingerprint density at radius 2 is 1.95 bits per heavy atom. The van der Waals surface area contributed by atoms with E-state index in [-0.39, 0.29) is 5.91 Å². The summed E-state index contributed by atoms with van der Waals surface area (Å²) in [7, 11) is 1.64. The van der Waals surface area contributed by atoms with Crippen LogP contribution in [0, 0.1) is 0 Å². The summed E-state index contributed by atoms with van der Waals surface area (Å²) in [6, 6.07) is 13.4. The molecule has 110 valence electrons. The maximum Gasteiger partial charge on any atom is 0.224 e. The summed E-state index contributed by atoms with van der Waals surface area (Å²) >= 11 is 6.81. The summed E-state index contributed by atoms with van der Waals surface area (Å²) in [4.78, 5) is 12.0. The molecule has 0 radical (unpaired) electrons. The number of aryl methyl sites for hydroxylation is 1. The average Bonchev–Trinajstić information content (AvgIpc) is 2.48. The molecule has 0 saturated carbocycles. The smallest absolute Gasteiger partial charge is 0.224 e. The van der Waals surface area contributed by atoms with E-state index >= 15 is 0 Å². The molecule has 0 aliphatic rings. The minimum absolute atomic E-state index is 0.0241. The van der Waals surface area contributed by atoms with Crippen LogP contribution in [0.3, 0.4) is 0 Å². The van der Waals surface area contributed by atoms with Gasteiger partial charge in [-0.1, -0.05) is 34.1 Å². The standard InChI is InChI=1S/C16H15Br2NO2/c1-21-15-5-3-2-4-11(15)6-9-16(20)19-14-8-7-12(17)10-13(14)18/h2-5,7-8,10H,6,9H2,1H3,(H,19,20). The number of amides is 1. The quantitative estimate of drug-likeness (QED) is 0.766. The number of hydrogen-bond acceptors (Lipinski definition) is 2. The van der Waals surface area contributed by atoms with Crippen LogP contribution in [0.25, 0.3) is 0 Å². The summed E-state index contributed by atoms with van der Waals surface area (Å²) in [6.45, 7) is 0. The summed E-state index contributed by atoms with van der Waals surface area (Å²) in [6.07, 6.45) is 1.05. The van der Waals surface area contributed by atoms with Crippen LogP contribution in [0.4, 0.5) is 5.69 Å². The third kappa shape index (κ3) is 4.58. The van der Waals surface area contributed by atoms with E-state index in [2.05, 4.69) is 37.2 Å². The number of ether oxygens (including phenoxy) is 1. The van der Waals surface area contributed by atoms with E-state index in [4.69, 9.17) is 4.74 Å². The highest BCUT2D eigenvalue weighted by molar-refractivity contribution is 9.11. The first-order valence-corrected chi connectivity index (χ1v) is 8.05. The second-order valence-electron chi connectivity index (χ2n) is 4.48. The van der Waals surface area contributed by atoms with Crippen LogP contribution < -0.4 is 10.1 Å². The Morgan fingerprint density at radius 1 is 1.19 bits per heavy atom. The predicted octanol–water partition coefficient (Wildman–Crippen LogP) is 4.79. The Morgan fingerprint density at radius 3 is 2.67 bits per heavy atom. The van der Waals surface area contributed by atoms with E-state index in [1.165, 1.54) is 0 Å². The molecular weight excluding hydrogens is 398 g/mol. The molecule has 1 amide bonds. The number of halogens is 2. The highest BCUT2D eigenvalue weighted by atomic mass is 79.9. The van der Waals surface area contributed by atoms with Crippen molar-refractivity contribution in [2.75, 3.05) is 12.4 Å². The maximum atomic E-state index is 12.0. The fourth-order valence-electron chi connectivity index (χ4n) is 1.96. The number of anilines is 1. The highest BCUT2D eigenvalue weighted by Gasteiger charge is 2.08. The van der Waals surface area contributed by atoms with Crippen molar-refractivity contribution in [1.82, 2.24) is 0 Å². The molecule has 2 rings (SSSR count). The third-order valence-corrected chi connectivity index (χ3v) is 4.17. The number of carbonyl (C=O) groups is 1. The van der Waals surface area contributed by atoms with Gasteiger partial charge in [-0.25, -0.2) is 0 Å². The largest absolute Gasteiger partial charge is 0.496 e. The minimum Gasteiger partial charge on any atom is -0.496 e. The molecule has 0 spiro atoms. The van der Waals surface area contributed by atoms with Crippen molar-refractivity contribution >= 4 is 43.5 Å². The topological polar surface area (TPSA) is 38.3 Å². The molecule has 0 aromatic heterocycles. The van der Waals surface area contributed by atoms with Crippen LogP contribution in [0.1, 0.15) is 12.0 Å². The van der Waals surface area contributed by atoms with E-state index < -0.39 is 0 Å². The molecule has 2 aromatic carbocycles. The first-order valence-electron chi connectivity index (χ1n) is 6.47. The second kappa shape index (κ2) is 7.61. The van der Waals surface area contributed by atoms with Gasteiger partial charge in [0.05, 0.1) is 12.8 Å². The van der Waals surface area contributed by atoms with Gasteiger partial charge in [-0.3, -0.25) is 4.79 Å². The number of para-hydroxylation sites is 1. The van der Waals surface area contributed by atoms with Gasteiger partial charge < -0.3 is 10.1 Å². The van der Waals surface area contributed by atoms with Gasteiger partial charge in [-0.2, -0.15) is 0 Å². The zero-order valence-electron chi connectivity index (χ0n) is 11.5. The maximum absolute atomic E-state index is 12.0. The van der Waals surface area contributed by atoms with Crippen molar-refractivity contribution in [3.63, 3.8) is 0 Å². The monoisotopic (exact) mass is 411 g/mol. The number of rotatable bonds is 5. The van der Waals surface area contributed by atoms with E-state index in [1.807, 2.05) is 42.5 Å². The van der Waals surface area contributed by atoms with Gasteiger partial charge in [0.2, 0.25) is 5.91 Å².